The van der Waals surface area contributed by atoms with Crippen molar-refractivity contribution in [3.63, 3.8) is 0 Å². The van der Waals surface area contributed by atoms with E-state index < -0.39 is 6.10 Å². The fourth-order valence-electron chi connectivity index (χ4n) is 3.39. The maximum atomic E-state index is 12.9. The summed E-state index contributed by atoms with van der Waals surface area (Å²) in [7, 11) is 1.67. The number of hydrogen-bond acceptors (Lipinski definition) is 6. The molecule has 26 heavy (non-hydrogen) atoms. The molecule has 0 bridgehead atoms. The van der Waals surface area contributed by atoms with E-state index in [-0.39, 0.29) is 11.6 Å². The molecular formula is C18H22N6O2. The lowest BCUT2D eigenvalue weighted by molar-refractivity contribution is 0.116. The minimum atomic E-state index is -0.425. The molecular weight excluding hydrogens is 332 g/mol. The molecule has 1 saturated carbocycles. The second kappa shape index (κ2) is 6.80. The first kappa shape index (κ1) is 16.6. The summed E-state index contributed by atoms with van der Waals surface area (Å²) >= 11 is 0. The van der Waals surface area contributed by atoms with Gasteiger partial charge in [0.05, 0.1) is 12.1 Å². The van der Waals surface area contributed by atoms with Crippen molar-refractivity contribution in [3.05, 3.63) is 40.7 Å². The van der Waals surface area contributed by atoms with Gasteiger partial charge in [-0.2, -0.15) is 10.1 Å². The Bertz CT molecular complexity index is 965. The van der Waals surface area contributed by atoms with Crippen LogP contribution < -0.4 is 16.2 Å². The van der Waals surface area contributed by atoms with Gasteiger partial charge in [-0.05, 0) is 25.0 Å². The molecule has 1 fully saturated rings. The lowest BCUT2D eigenvalue weighted by atomic mass is 9.93. The summed E-state index contributed by atoms with van der Waals surface area (Å²) in [4.78, 5) is 17.3. The first-order chi connectivity index (χ1) is 12.6. The highest BCUT2D eigenvalue weighted by atomic mass is 16.3. The molecule has 2 heterocycles. The normalized spacial score (nSPS) is 20.2. The van der Waals surface area contributed by atoms with Gasteiger partial charge in [0.1, 0.15) is 11.2 Å². The van der Waals surface area contributed by atoms with Gasteiger partial charge in [0.15, 0.2) is 5.65 Å². The highest BCUT2D eigenvalue weighted by molar-refractivity contribution is 5.88. The number of hydrogen-bond donors (Lipinski definition) is 4. The van der Waals surface area contributed by atoms with Crippen molar-refractivity contribution in [3.8, 4) is 0 Å². The van der Waals surface area contributed by atoms with E-state index in [2.05, 4.69) is 25.8 Å². The summed E-state index contributed by atoms with van der Waals surface area (Å²) < 4.78 is 1.47. The second-order valence-corrected chi connectivity index (χ2v) is 6.69. The lowest BCUT2D eigenvalue weighted by Crippen LogP contribution is -2.38. The van der Waals surface area contributed by atoms with Gasteiger partial charge in [0.25, 0.3) is 5.56 Å². The minimum absolute atomic E-state index is 0.0971. The van der Waals surface area contributed by atoms with Crippen LogP contribution in [-0.2, 0) is 7.05 Å². The summed E-state index contributed by atoms with van der Waals surface area (Å²) in [5.74, 6) is 0.940. The number of fused-ring (bicyclic) bond motifs is 1. The van der Waals surface area contributed by atoms with Crippen LogP contribution in [0.4, 0.5) is 17.5 Å². The van der Waals surface area contributed by atoms with E-state index in [1.54, 1.807) is 7.05 Å². The molecule has 0 saturated heterocycles. The van der Waals surface area contributed by atoms with Gasteiger partial charge in [0, 0.05) is 12.7 Å². The standard InChI is InChI=1S/C18H22N6O2/c1-24-17(26)14-15(19-11-7-3-2-4-8-11)22-23-16(14)21-18(24)20-12-9-5-6-10-13(12)25/h2-4,7-8,12-13,25H,5-6,9-10H2,1H3,(H3,19,20,21,22,23)/t12-,13-/m1/s1. The third-order valence-electron chi connectivity index (χ3n) is 4.88. The number of nitrogens with one attached hydrogen (secondary N) is 3. The number of nitrogens with zero attached hydrogens (tertiary/aromatic N) is 3. The topological polar surface area (TPSA) is 108 Å². The van der Waals surface area contributed by atoms with Crippen molar-refractivity contribution in [2.45, 2.75) is 37.8 Å². The van der Waals surface area contributed by atoms with Gasteiger partial charge in [-0.1, -0.05) is 31.0 Å². The predicted octanol–water partition coefficient (Wildman–Crippen LogP) is 2.12. The maximum absolute atomic E-state index is 12.9. The number of H-pyrrole nitrogens is 1. The molecule has 0 unspecified atom stereocenters. The van der Waals surface area contributed by atoms with Crippen LogP contribution in [0.1, 0.15) is 25.7 Å². The molecule has 8 heteroatoms. The van der Waals surface area contributed by atoms with E-state index in [9.17, 15) is 9.90 Å². The van der Waals surface area contributed by atoms with E-state index in [0.29, 0.717) is 22.8 Å². The van der Waals surface area contributed by atoms with Crippen molar-refractivity contribution >= 4 is 28.5 Å². The molecule has 1 aliphatic rings. The van der Waals surface area contributed by atoms with Crippen molar-refractivity contribution in [1.82, 2.24) is 19.7 Å². The Morgan fingerprint density at radius 2 is 2.00 bits per heavy atom. The van der Waals surface area contributed by atoms with Gasteiger partial charge >= 0.3 is 0 Å². The largest absolute Gasteiger partial charge is 0.391 e. The van der Waals surface area contributed by atoms with E-state index in [1.165, 1.54) is 4.57 Å². The van der Waals surface area contributed by atoms with Crippen molar-refractivity contribution in [1.29, 1.82) is 0 Å². The Labute approximate surface area is 150 Å². The van der Waals surface area contributed by atoms with Crippen LogP contribution in [0.25, 0.3) is 11.0 Å². The third kappa shape index (κ3) is 3.03. The van der Waals surface area contributed by atoms with Crippen molar-refractivity contribution in [2.24, 2.45) is 7.05 Å². The van der Waals surface area contributed by atoms with Gasteiger partial charge in [-0.15, -0.1) is 0 Å². The van der Waals surface area contributed by atoms with Crippen molar-refractivity contribution < 1.29 is 5.11 Å². The van der Waals surface area contributed by atoms with Gasteiger partial charge < -0.3 is 15.7 Å². The highest BCUT2D eigenvalue weighted by Crippen LogP contribution is 2.24. The summed E-state index contributed by atoms with van der Waals surface area (Å²) in [6.07, 6.45) is 3.28. The third-order valence-corrected chi connectivity index (χ3v) is 4.88. The maximum Gasteiger partial charge on any atom is 0.268 e. The SMILES string of the molecule is Cn1c(N[C@@H]2CCCC[C@H]2O)nc2n[nH]c(Nc3ccccc3)c2c1=O. The molecule has 0 amide bonds. The summed E-state index contributed by atoms with van der Waals surface area (Å²) in [6.45, 7) is 0. The molecule has 8 nitrogen and oxygen atoms in total. The fourth-order valence-corrected chi connectivity index (χ4v) is 3.39. The van der Waals surface area contributed by atoms with Crippen LogP contribution in [-0.4, -0.2) is 37.0 Å². The second-order valence-electron chi connectivity index (χ2n) is 6.69. The van der Waals surface area contributed by atoms with Gasteiger partial charge in [0.2, 0.25) is 5.95 Å². The number of aromatic amines is 1. The molecule has 2 aromatic heterocycles. The molecule has 1 aromatic carbocycles. The molecule has 2 atom stereocenters. The smallest absolute Gasteiger partial charge is 0.268 e. The van der Waals surface area contributed by atoms with Crippen LogP contribution in [0.3, 0.4) is 0 Å². The Hall–Kier alpha value is -2.87. The molecule has 0 aliphatic heterocycles. The molecule has 4 N–H and O–H groups in total. The van der Waals surface area contributed by atoms with E-state index >= 15 is 0 Å². The Kier molecular flexibility index (Phi) is 4.34. The number of benzene rings is 1. The molecule has 0 radical (unpaired) electrons. The molecule has 3 aromatic rings. The Balaban J connectivity index is 1.68. The highest BCUT2D eigenvalue weighted by Gasteiger charge is 2.25. The Morgan fingerprint density at radius 3 is 2.77 bits per heavy atom. The fraction of sp³-hybridized carbons (Fsp3) is 0.389. The average Bonchev–Trinajstić information content (AvgIpc) is 3.04. The number of anilines is 3. The molecule has 136 valence electrons. The first-order valence-electron chi connectivity index (χ1n) is 8.85. The van der Waals surface area contributed by atoms with Crippen LogP contribution in [0.15, 0.2) is 35.1 Å². The van der Waals surface area contributed by atoms with Crippen molar-refractivity contribution in [2.75, 3.05) is 10.6 Å². The number of aliphatic hydroxyl groups is 1. The lowest BCUT2D eigenvalue weighted by Gasteiger charge is -2.29. The van der Waals surface area contributed by atoms with E-state index in [0.717, 1.165) is 31.4 Å². The average molecular weight is 354 g/mol. The first-order valence-corrected chi connectivity index (χ1v) is 8.85. The van der Waals surface area contributed by atoms with Crippen LogP contribution in [0.2, 0.25) is 0 Å². The summed E-state index contributed by atoms with van der Waals surface area (Å²) in [5.41, 5.74) is 1.00. The van der Waals surface area contributed by atoms with Crippen LogP contribution in [0.5, 0.6) is 0 Å². The minimum Gasteiger partial charge on any atom is -0.391 e. The molecule has 4 rings (SSSR count). The zero-order chi connectivity index (χ0) is 18.1. The van der Waals surface area contributed by atoms with E-state index in [4.69, 9.17) is 0 Å². The summed E-state index contributed by atoms with van der Waals surface area (Å²) in [6, 6.07) is 9.47. The zero-order valence-electron chi connectivity index (χ0n) is 14.6. The Morgan fingerprint density at radius 1 is 1.23 bits per heavy atom. The number of para-hydroxylation sites is 1. The molecule has 0 spiro atoms. The zero-order valence-corrected chi connectivity index (χ0v) is 14.6. The van der Waals surface area contributed by atoms with Gasteiger partial charge in [-0.25, -0.2) is 0 Å². The number of aromatic nitrogens is 4. The quantitative estimate of drug-likeness (QED) is 0.572. The van der Waals surface area contributed by atoms with Crippen LogP contribution >= 0.6 is 0 Å². The van der Waals surface area contributed by atoms with Gasteiger partial charge in [-0.3, -0.25) is 14.5 Å². The number of rotatable bonds is 4. The van der Waals surface area contributed by atoms with E-state index in [1.807, 2.05) is 30.3 Å². The van der Waals surface area contributed by atoms with Crippen LogP contribution in [0, 0.1) is 0 Å². The summed E-state index contributed by atoms with van der Waals surface area (Å²) in [5, 5.41) is 24.0. The molecule has 1 aliphatic carbocycles. The monoisotopic (exact) mass is 354 g/mol. The number of aliphatic hydroxyl groups excluding tert-OH is 1. The predicted molar refractivity (Wildman–Crippen MR) is 101 cm³/mol.